The van der Waals surface area contributed by atoms with E-state index in [9.17, 15) is 9.59 Å². The van der Waals surface area contributed by atoms with Crippen molar-refractivity contribution in [2.24, 2.45) is 0 Å². The van der Waals surface area contributed by atoms with E-state index in [1.165, 1.54) is 31.2 Å². The Bertz CT molecular complexity index is 717. The van der Waals surface area contributed by atoms with Crippen molar-refractivity contribution in [2.75, 3.05) is 53.2 Å². The van der Waals surface area contributed by atoms with Crippen LogP contribution in [-0.4, -0.2) is 86.5 Å². The van der Waals surface area contributed by atoms with Crippen LogP contribution in [-0.2, 0) is 4.74 Å². The molecule has 10 heteroatoms. The minimum atomic E-state index is -0.957. The van der Waals surface area contributed by atoms with Gasteiger partial charge in [-0.15, -0.1) is 0 Å². The third-order valence-electron chi connectivity index (χ3n) is 4.90. The van der Waals surface area contributed by atoms with Crippen molar-refractivity contribution in [2.45, 2.75) is 18.6 Å². The van der Waals surface area contributed by atoms with Crippen LogP contribution in [0.5, 0.6) is 5.75 Å². The zero-order chi connectivity index (χ0) is 20.8. The molecule has 156 valence electrons. The van der Waals surface area contributed by atoms with E-state index in [1.807, 2.05) is 0 Å². The van der Waals surface area contributed by atoms with E-state index in [0.29, 0.717) is 43.1 Å². The lowest BCUT2D eigenvalue weighted by Gasteiger charge is -2.38. The van der Waals surface area contributed by atoms with Gasteiger partial charge in [-0.2, -0.15) is 0 Å². The fourth-order valence-electron chi connectivity index (χ4n) is 3.14. The van der Waals surface area contributed by atoms with Crippen molar-refractivity contribution in [3.63, 3.8) is 0 Å². The molecule has 0 unspecified atom stereocenters. The van der Waals surface area contributed by atoms with Crippen molar-refractivity contribution < 1.29 is 24.2 Å². The number of nitrogens with zero attached hydrogens (tertiary/aromatic N) is 2. The second-order valence-electron chi connectivity index (χ2n) is 6.72. The molecular formula is C18H27ClN4O5. The Kier molecular flexibility index (Phi) is 7.73. The van der Waals surface area contributed by atoms with E-state index in [-0.39, 0.29) is 23.1 Å². The number of nitrogen functional groups attached to an aromatic ring is 1. The number of carbonyl (C=O) groups excluding carboxylic acids is 1. The monoisotopic (exact) mass is 414 g/mol. The molecule has 1 heterocycles. The molecule has 1 saturated heterocycles. The number of carbonyl (C=O) groups is 2. The van der Waals surface area contributed by atoms with Crippen LogP contribution in [0.3, 0.4) is 0 Å². The van der Waals surface area contributed by atoms with E-state index >= 15 is 0 Å². The van der Waals surface area contributed by atoms with E-state index in [4.69, 9.17) is 31.9 Å². The van der Waals surface area contributed by atoms with Crippen LogP contribution >= 0.6 is 11.6 Å². The third-order valence-corrected chi connectivity index (χ3v) is 5.23. The van der Waals surface area contributed by atoms with Gasteiger partial charge in [0, 0.05) is 46.4 Å². The highest BCUT2D eigenvalue weighted by Crippen LogP contribution is 2.29. The number of halogens is 1. The van der Waals surface area contributed by atoms with Gasteiger partial charge in [0.1, 0.15) is 5.75 Å². The number of benzene rings is 1. The molecule has 0 spiro atoms. The zero-order valence-electron chi connectivity index (χ0n) is 16.3. The zero-order valence-corrected chi connectivity index (χ0v) is 17.0. The Balaban J connectivity index is 2.00. The fourth-order valence-corrected chi connectivity index (χ4v) is 3.30. The molecule has 2 rings (SSSR count). The summed E-state index contributed by atoms with van der Waals surface area (Å²) in [6, 6.07) is 2.82. The molecule has 4 N–H and O–H groups in total. The summed E-state index contributed by atoms with van der Waals surface area (Å²) in [7, 11) is 4.59. The first-order valence-corrected chi connectivity index (χ1v) is 9.27. The maximum absolute atomic E-state index is 12.8. The second kappa shape index (κ2) is 9.81. The van der Waals surface area contributed by atoms with E-state index in [2.05, 4.69) is 10.2 Å². The van der Waals surface area contributed by atoms with Crippen LogP contribution in [0.25, 0.3) is 0 Å². The first-order valence-electron chi connectivity index (χ1n) is 8.89. The lowest BCUT2D eigenvalue weighted by molar-refractivity contribution is 0.00480. The van der Waals surface area contributed by atoms with Gasteiger partial charge in [-0.05, 0) is 12.5 Å². The molecular weight excluding hydrogens is 388 g/mol. The molecule has 1 aliphatic rings. The molecule has 9 nitrogen and oxygen atoms in total. The molecule has 2 amide bonds. The van der Waals surface area contributed by atoms with Crippen LogP contribution < -0.4 is 15.8 Å². The summed E-state index contributed by atoms with van der Waals surface area (Å²) in [5.41, 5.74) is 6.41. The number of nitrogens with two attached hydrogens (primary N) is 1. The van der Waals surface area contributed by atoms with Crippen LogP contribution in [0.2, 0.25) is 5.02 Å². The summed E-state index contributed by atoms with van der Waals surface area (Å²) < 4.78 is 10.8. The van der Waals surface area contributed by atoms with Gasteiger partial charge < -0.3 is 30.5 Å². The van der Waals surface area contributed by atoms with Crippen LogP contribution in [0.4, 0.5) is 10.5 Å². The number of hydrogen-bond donors (Lipinski definition) is 3. The molecule has 1 aromatic rings. The Morgan fingerprint density at radius 2 is 2.14 bits per heavy atom. The van der Waals surface area contributed by atoms with Gasteiger partial charge in [0.05, 0.1) is 35.5 Å². The number of likely N-dealkylation sites (N-methyl/N-ethyl adjacent to an activating group) is 1. The Labute approximate surface area is 169 Å². The Morgan fingerprint density at radius 1 is 1.43 bits per heavy atom. The van der Waals surface area contributed by atoms with E-state index < -0.39 is 6.09 Å². The molecule has 0 aliphatic carbocycles. The van der Waals surface area contributed by atoms with Gasteiger partial charge in [-0.3, -0.25) is 9.69 Å². The predicted octanol–water partition coefficient (Wildman–Crippen LogP) is 1.36. The van der Waals surface area contributed by atoms with Gasteiger partial charge in [-0.1, -0.05) is 11.6 Å². The van der Waals surface area contributed by atoms with Gasteiger partial charge in [0.25, 0.3) is 5.91 Å². The average Bonchev–Trinajstić information content (AvgIpc) is 2.68. The number of piperidine rings is 1. The number of anilines is 1. The van der Waals surface area contributed by atoms with Crippen molar-refractivity contribution in [3.8, 4) is 5.75 Å². The highest BCUT2D eigenvalue weighted by molar-refractivity contribution is 6.33. The third kappa shape index (κ3) is 5.40. The first-order chi connectivity index (χ1) is 13.3. The molecule has 1 fully saturated rings. The van der Waals surface area contributed by atoms with Crippen molar-refractivity contribution >= 4 is 29.3 Å². The maximum Gasteiger partial charge on any atom is 0.407 e. The standard InChI is InChI=1S/C18H27ClN4O5/c1-22(18(25)26)6-7-23-5-4-14(16(10-23)28-3)21-17(24)11-8-12(19)13(20)9-15(11)27-2/h8-9,14,16H,4-7,10,20H2,1-3H3,(H,21,24)(H,25,26)/t14-,16+/m0/s1. The van der Waals surface area contributed by atoms with E-state index in [1.54, 1.807) is 7.11 Å². The summed E-state index contributed by atoms with van der Waals surface area (Å²) in [6.07, 6.45) is -0.504. The molecule has 2 atom stereocenters. The Morgan fingerprint density at radius 3 is 2.75 bits per heavy atom. The van der Waals surface area contributed by atoms with Crippen LogP contribution in [0.15, 0.2) is 12.1 Å². The summed E-state index contributed by atoms with van der Waals surface area (Å²) in [5, 5.41) is 12.2. The highest BCUT2D eigenvalue weighted by Gasteiger charge is 2.31. The number of ether oxygens (including phenoxy) is 2. The molecule has 28 heavy (non-hydrogen) atoms. The van der Waals surface area contributed by atoms with Gasteiger partial charge in [0.15, 0.2) is 0 Å². The lowest BCUT2D eigenvalue weighted by Crippen LogP contribution is -2.55. The number of methoxy groups -OCH3 is 2. The summed E-state index contributed by atoms with van der Waals surface area (Å²) >= 11 is 6.05. The largest absolute Gasteiger partial charge is 0.496 e. The number of nitrogens with one attached hydrogen (secondary N) is 1. The minimum Gasteiger partial charge on any atom is -0.496 e. The van der Waals surface area contributed by atoms with Crippen molar-refractivity contribution in [3.05, 3.63) is 22.7 Å². The summed E-state index contributed by atoms with van der Waals surface area (Å²) in [5.74, 6) is 0.0346. The predicted molar refractivity (Wildman–Crippen MR) is 106 cm³/mol. The second-order valence-corrected chi connectivity index (χ2v) is 7.13. The number of carboxylic acid groups (broad SMARTS) is 1. The normalized spacial score (nSPS) is 19.9. The summed E-state index contributed by atoms with van der Waals surface area (Å²) in [4.78, 5) is 27.0. The quantitative estimate of drug-likeness (QED) is 0.576. The topological polar surface area (TPSA) is 117 Å². The van der Waals surface area contributed by atoms with Crippen LogP contribution in [0.1, 0.15) is 16.8 Å². The molecule has 1 aliphatic heterocycles. The number of rotatable bonds is 7. The van der Waals surface area contributed by atoms with Crippen molar-refractivity contribution in [1.29, 1.82) is 0 Å². The fraction of sp³-hybridized carbons (Fsp3) is 0.556. The molecule has 0 radical (unpaired) electrons. The Hall–Kier alpha value is -2.23. The van der Waals surface area contributed by atoms with E-state index in [0.717, 1.165) is 6.54 Å². The number of hydrogen-bond acceptors (Lipinski definition) is 6. The maximum atomic E-state index is 12.8. The summed E-state index contributed by atoms with van der Waals surface area (Å²) in [6.45, 7) is 2.32. The molecule has 0 saturated carbocycles. The number of amides is 2. The number of likely N-dealkylation sites (tertiary alicyclic amines) is 1. The van der Waals surface area contributed by atoms with Gasteiger partial charge >= 0.3 is 6.09 Å². The minimum absolute atomic E-state index is 0.188. The van der Waals surface area contributed by atoms with Crippen molar-refractivity contribution in [1.82, 2.24) is 15.1 Å². The van der Waals surface area contributed by atoms with Gasteiger partial charge in [0.2, 0.25) is 0 Å². The average molecular weight is 415 g/mol. The molecule has 1 aromatic carbocycles. The molecule has 0 bridgehead atoms. The smallest absolute Gasteiger partial charge is 0.407 e. The lowest BCUT2D eigenvalue weighted by atomic mass is 10.0. The molecule has 0 aromatic heterocycles. The highest BCUT2D eigenvalue weighted by atomic mass is 35.5. The first kappa shape index (κ1) is 22.1. The SMILES string of the molecule is COc1cc(N)c(Cl)cc1C(=O)N[C@H]1CCN(CCN(C)C(=O)O)C[C@H]1OC. The van der Waals surface area contributed by atoms with Gasteiger partial charge in [-0.25, -0.2) is 4.79 Å². The van der Waals surface area contributed by atoms with Crippen LogP contribution in [0, 0.1) is 0 Å².